The minimum Gasteiger partial charge on any atom is -0.467 e. The molecule has 6 heteroatoms. The number of carbonyl (C=O) groups excluding carboxylic acids is 2. The Morgan fingerprint density at radius 1 is 1.48 bits per heavy atom. The highest BCUT2D eigenvalue weighted by Gasteiger charge is 2.25. The summed E-state index contributed by atoms with van der Waals surface area (Å²) in [6, 6.07) is 1.73. The van der Waals surface area contributed by atoms with Crippen molar-refractivity contribution in [3.63, 3.8) is 0 Å². The molecule has 0 radical (unpaired) electrons. The second-order valence-corrected chi connectivity index (χ2v) is 5.86. The third-order valence-electron chi connectivity index (χ3n) is 4.13. The fourth-order valence-electron chi connectivity index (χ4n) is 2.81. The highest BCUT2D eigenvalue weighted by Crippen LogP contribution is 2.26. The number of amides is 3. The first-order chi connectivity index (χ1) is 9.97. The Bertz CT molecular complexity index is 512. The second kappa shape index (κ2) is 6.65. The smallest absolute Gasteiger partial charge is 0.317 e. The first-order valence-corrected chi connectivity index (χ1v) is 7.35. The van der Waals surface area contributed by atoms with Crippen LogP contribution in [0.15, 0.2) is 16.7 Å². The Kier molecular flexibility index (Phi) is 4.88. The van der Waals surface area contributed by atoms with Crippen LogP contribution >= 0.6 is 0 Å². The molecule has 6 nitrogen and oxygen atoms in total. The summed E-state index contributed by atoms with van der Waals surface area (Å²) in [6.45, 7) is 2.48. The molecule has 0 bridgehead atoms. The lowest BCUT2D eigenvalue weighted by Crippen LogP contribution is -2.45. The Labute approximate surface area is 124 Å². The molecular formula is C15H23N3O3. The van der Waals surface area contributed by atoms with Gasteiger partial charge in [-0.05, 0) is 24.8 Å². The second-order valence-electron chi connectivity index (χ2n) is 5.86. The molecule has 1 aromatic heterocycles. The maximum Gasteiger partial charge on any atom is 0.317 e. The van der Waals surface area contributed by atoms with Crippen molar-refractivity contribution in [1.29, 1.82) is 0 Å². The third kappa shape index (κ3) is 4.00. The standard InChI is InChI=1S/C15H23N3O3/c1-10-4-3-5-12(6-10)18(2)15(20)17-8-13-7-11(9-21-13)14(16)19/h7,9-10,12H,3-6,8H2,1-2H3,(H2,16,19)(H,17,20). The molecule has 2 rings (SSSR count). The van der Waals surface area contributed by atoms with Gasteiger partial charge in [0.15, 0.2) is 0 Å². The van der Waals surface area contributed by atoms with Crippen molar-refractivity contribution >= 4 is 11.9 Å². The molecule has 21 heavy (non-hydrogen) atoms. The quantitative estimate of drug-likeness (QED) is 0.891. The summed E-state index contributed by atoms with van der Waals surface area (Å²) in [5.74, 6) is 0.648. The summed E-state index contributed by atoms with van der Waals surface area (Å²) in [4.78, 5) is 24.9. The molecule has 3 amide bonds. The SMILES string of the molecule is CC1CCCC(N(C)C(=O)NCc2cc(C(N)=O)co2)C1. The maximum atomic E-state index is 12.1. The summed E-state index contributed by atoms with van der Waals surface area (Å²) in [5.41, 5.74) is 5.46. The molecular weight excluding hydrogens is 270 g/mol. The molecule has 1 heterocycles. The van der Waals surface area contributed by atoms with E-state index in [2.05, 4.69) is 12.2 Å². The Balaban J connectivity index is 1.84. The van der Waals surface area contributed by atoms with Gasteiger partial charge in [-0.3, -0.25) is 4.79 Å². The minimum absolute atomic E-state index is 0.119. The predicted molar refractivity (Wildman–Crippen MR) is 78.6 cm³/mol. The van der Waals surface area contributed by atoms with E-state index in [-0.39, 0.29) is 12.6 Å². The fraction of sp³-hybridized carbons (Fsp3) is 0.600. The van der Waals surface area contributed by atoms with Gasteiger partial charge in [0.25, 0.3) is 5.91 Å². The van der Waals surface area contributed by atoms with E-state index in [9.17, 15) is 9.59 Å². The molecule has 0 aromatic carbocycles. The van der Waals surface area contributed by atoms with Crippen LogP contribution in [0.2, 0.25) is 0 Å². The van der Waals surface area contributed by atoms with Gasteiger partial charge in [-0.2, -0.15) is 0 Å². The molecule has 2 unspecified atom stereocenters. The van der Waals surface area contributed by atoms with E-state index in [4.69, 9.17) is 10.2 Å². The number of furan rings is 1. The topological polar surface area (TPSA) is 88.6 Å². The van der Waals surface area contributed by atoms with E-state index in [1.807, 2.05) is 7.05 Å². The van der Waals surface area contributed by atoms with Crippen molar-refractivity contribution in [2.45, 2.75) is 45.2 Å². The average Bonchev–Trinajstić information content (AvgIpc) is 2.93. The van der Waals surface area contributed by atoms with Crippen LogP contribution in [0.3, 0.4) is 0 Å². The lowest BCUT2D eigenvalue weighted by atomic mass is 9.86. The summed E-state index contributed by atoms with van der Waals surface area (Å²) < 4.78 is 5.18. The van der Waals surface area contributed by atoms with Gasteiger partial charge in [-0.1, -0.05) is 19.8 Å². The average molecular weight is 293 g/mol. The van der Waals surface area contributed by atoms with Gasteiger partial charge in [0.05, 0.1) is 12.1 Å². The van der Waals surface area contributed by atoms with Gasteiger partial charge < -0.3 is 20.4 Å². The first kappa shape index (κ1) is 15.4. The Morgan fingerprint density at radius 2 is 2.24 bits per heavy atom. The highest BCUT2D eigenvalue weighted by atomic mass is 16.3. The summed E-state index contributed by atoms with van der Waals surface area (Å²) in [7, 11) is 1.83. The zero-order valence-corrected chi connectivity index (χ0v) is 12.6. The Hall–Kier alpha value is -1.98. The number of urea groups is 1. The van der Waals surface area contributed by atoms with Crippen LogP contribution in [0.4, 0.5) is 4.79 Å². The van der Waals surface area contributed by atoms with Crippen molar-refractivity contribution in [1.82, 2.24) is 10.2 Å². The zero-order valence-electron chi connectivity index (χ0n) is 12.6. The van der Waals surface area contributed by atoms with Crippen LogP contribution in [-0.4, -0.2) is 29.9 Å². The van der Waals surface area contributed by atoms with E-state index < -0.39 is 5.91 Å². The molecule has 1 fully saturated rings. The normalized spacial score (nSPS) is 21.8. The number of rotatable bonds is 4. The molecule has 1 saturated carbocycles. The van der Waals surface area contributed by atoms with Crippen LogP contribution in [0, 0.1) is 5.92 Å². The van der Waals surface area contributed by atoms with E-state index in [1.165, 1.54) is 19.1 Å². The highest BCUT2D eigenvalue weighted by molar-refractivity contribution is 5.92. The molecule has 116 valence electrons. The van der Waals surface area contributed by atoms with Crippen molar-refractivity contribution in [3.05, 3.63) is 23.7 Å². The lowest BCUT2D eigenvalue weighted by molar-refractivity contribution is 0.0999. The Morgan fingerprint density at radius 3 is 2.86 bits per heavy atom. The molecule has 3 N–H and O–H groups in total. The largest absolute Gasteiger partial charge is 0.467 e. The molecule has 1 aliphatic carbocycles. The van der Waals surface area contributed by atoms with Crippen molar-refractivity contribution in [2.24, 2.45) is 11.7 Å². The van der Waals surface area contributed by atoms with E-state index in [0.29, 0.717) is 23.3 Å². The van der Waals surface area contributed by atoms with Crippen LogP contribution in [0.25, 0.3) is 0 Å². The summed E-state index contributed by atoms with van der Waals surface area (Å²) in [5, 5.41) is 2.80. The predicted octanol–water partition coefficient (Wildman–Crippen LogP) is 2.10. The van der Waals surface area contributed by atoms with Gasteiger partial charge in [0.2, 0.25) is 0 Å². The number of nitrogens with one attached hydrogen (secondary N) is 1. The lowest BCUT2D eigenvalue weighted by Gasteiger charge is -2.34. The number of nitrogens with zero attached hydrogens (tertiary/aromatic N) is 1. The van der Waals surface area contributed by atoms with Crippen LogP contribution in [-0.2, 0) is 6.54 Å². The van der Waals surface area contributed by atoms with Crippen LogP contribution < -0.4 is 11.1 Å². The number of nitrogens with two attached hydrogens (primary N) is 1. The molecule has 2 atom stereocenters. The van der Waals surface area contributed by atoms with Crippen molar-refractivity contribution < 1.29 is 14.0 Å². The van der Waals surface area contributed by atoms with E-state index >= 15 is 0 Å². The number of hydrogen-bond donors (Lipinski definition) is 2. The summed E-state index contributed by atoms with van der Waals surface area (Å²) >= 11 is 0. The minimum atomic E-state index is -0.537. The van der Waals surface area contributed by atoms with Crippen LogP contribution in [0.5, 0.6) is 0 Å². The molecule has 0 spiro atoms. The van der Waals surface area contributed by atoms with Crippen LogP contribution in [0.1, 0.15) is 48.7 Å². The maximum absolute atomic E-state index is 12.1. The molecule has 0 saturated heterocycles. The molecule has 1 aromatic rings. The summed E-state index contributed by atoms with van der Waals surface area (Å²) in [6.07, 6.45) is 5.82. The van der Waals surface area contributed by atoms with Gasteiger partial charge in [0.1, 0.15) is 12.0 Å². The molecule has 1 aliphatic rings. The van der Waals surface area contributed by atoms with E-state index in [0.717, 1.165) is 12.8 Å². The van der Waals surface area contributed by atoms with Crippen molar-refractivity contribution in [3.8, 4) is 0 Å². The van der Waals surface area contributed by atoms with Crippen molar-refractivity contribution in [2.75, 3.05) is 7.05 Å². The van der Waals surface area contributed by atoms with Gasteiger partial charge in [-0.15, -0.1) is 0 Å². The fourth-order valence-corrected chi connectivity index (χ4v) is 2.81. The number of carbonyl (C=O) groups is 2. The number of primary amides is 1. The first-order valence-electron chi connectivity index (χ1n) is 7.35. The van der Waals surface area contributed by atoms with Gasteiger partial charge >= 0.3 is 6.03 Å². The molecule has 0 aliphatic heterocycles. The van der Waals surface area contributed by atoms with E-state index in [1.54, 1.807) is 11.0 Å². The van der Waals surface area contributed by atoms with Gasteiger partial charge in [-0.25, -0.2) is 4.79 Å². The third-order valence-corrected chi connectivity index (χ3v) is 4.13. The monoisotopic (exact) mass is 293 g/mol. The number of hydrogen-bond acceptors (Lipinski definition) is 3. The zero-order chi connectivity index (χ0) is 15.4. The van der Waals surface area contributed by atoms with Gasteiger partial charge in [0, 0.05) is 13.1 Å².